The van der Waals surface area contributed by atoms with Gasteiger partial charge in [0.25, 0.3) is 0 Å². The lowest BCUT2D eigenvalue weighted by molar-refractivity contribution is -0.139. The molecule has 3 rings (SSSR count). The number of carbonyl (C=O) groups is 1. The maximum atomic E-state index is 10.9. The van der Waals surface area contributed by atoms with Gasteiger partial charge in [0.2, 0.25) is 0 Å². The molecule has 1 aromatic heterocycles. The molecule has 1 aromatic rings. The number of hydrogen-bond acceptors (Lipinski definition) is 3. The van der Waals surface area contributed by atoms with Crippen molar-refractivity contribution in [1.29, 1.82) is 0 Å². The Labute approximate surface area is 113 Å². The number of aryl methyl sites for hydroxylation is 1. The molecule has 4 nitrogen and oxygen atoms in total. The number of likely N-dealkylation sites (tertiary alicyclic amines) is 1. The second-order valence-corrected chi connectivity index (χ2v) is 6.09. The largest absolute Gasteiger partial charge is 0.481 e. The Morgan fingerprint density at radius 1 is 1.47 bits per heavy atom. The molecule has 4 heteroatoms. The smallest absolute Gasteiger partial charge is 0.307 e. The van der Waals surface area contributed by atoms with Crippen LogP contribution >= 0.6 is 0 Å². The summed E-state index contributed by atoms with van der Waals surface area (Å²) in [6.07, 6.45) is 1.07. The molecular formula is C15H21NO3. The van der Waals surface area contributed by atoms with Crippen LogP contribution in [0.2, 0.25) is 0 Å². The Bertz CT molecular complexity index is 469. The zero-order valence-corrected chi connectivity index (χ0v) is 11.5. The number of fused-ring (bicyclic) bond motifs is 1. The lowest BCUT2D eigenvalue weighted by Gasteiger charge is -2.20. The van der Waals surface area contributed by atoms with E-state index in [9.17, 15) is 4.79 Å². The van der Waals surface area contributed by atoms with Gasteiger partial charge in [-0.1, -0.05) is 6.92 Å². The first-order valence-electron chi connectivity index (χ1n) is 7.07. The van der Waals surface area contributed by atoms with Crippen LogP contribution in [0.15, 0.2) is 16.5 Å². The summed E-state index contributed by atoms with van der Waals surface area (Å²) in [6, 6.07) is 4.07. The van der Waals surface area contributed by atoms with Gasteiger partial charge in [-0.15, -0.1) is 0 Å². The van der Waals surface area contributed by atoms with Crippen molar-refractivity contribution < 1.29 is 14.3 Å². The van der Waals surface area contributed by atoms with Gasteiger partial charge in [0.15, 0.2) is 0 Å². The normalized spacial score (nSPS) is 31.2. The molecule has 104 valence electrons. The molecule has 1 aliphatic heterocycles. The number of furan rings is 1. The Kier molecular flexibility index (Phi) is 3.13. The molecule has 0 amide bonds. The molecule has 1 aliphatic carbocycles. The fourth-order valence-electron chi connectivity index (χ4n) is 3.40. The van der Waals surface area contributed by atoms with Crippen LogP contribution in [0, 0.1) is 24.7 Å². The molecule has 2 unspecified atom stereocenters. The van der Waals surface area contributed by atoms with Gasteiger partial charge in [-0.05, 0) is 43.9 Å². The summed E-state index contributed by atoms with van der Waals surface area (Å²) < 4.78 is 5.64. The molecule has 2 aliphatic rings. The summed E-state index contributed by atoms with van der Waals surface area (Å²) in [5, 5.41) is 8.98. The van der Waals surface area contributed by atoms with Gasteiger partial charge >= 0.3 is 5.97 Å². The molecule has 0 bridgehead atoms. The van der Waals surface area contributed by atoms with Gasteiger partial charge in [-0.3, -0.25) is 4.79 Å². The van der Waals surface area contributed by atoms with Crippen LogP contribution in [0.4, 0.5) is 0 Å². The lowest BCUT2D eigenvalue weighted by atomic mass is 10.0. The Hall–Kier alpha value is -1.29. The third-order valence-electron chi connectivity index (χ3n) is 4.68. The van der Waals surface area contributed by atoms with Gasteiger partial charge in [-0.25, -0.2) is 0 Å². The summed E-state index contributed by atoms with van der Waals surface area (Å²) in [6.45, 7) is 7.13. The van der Waals surface area contributed by atoms with E-state index in [0.29, 0.717) is 17.8 Å². The number of carboxylic acid groups (broad SMARTS) is 1. The minimum Gasteiger partial charge on any atom is -0.481 e. The lowest BCUT2D eigenvalue weighted by Crippen LogP contribution is -2.28. The van der Waals surface area contributed by atoms with E-state index in [2.05, 4.69) is 17.9 Å². The summed E-state index contributed by atoms with van der Waals surface area (Å²) in [5.74, 6) is 2.63. The van der Waals surface area contributed by atoms with Crippen LogP contribution in [0.5, 0.6) is 0 Å². The summed E-state index contributed by atoms with van der Waals surface area (Å²) >= 11 is 0. The monoisotopic (exact) mass is 263 g/mol. The minimum absolute atomic E-state index is 0.0543. The molecule has 0 radical (unpaired) electrons. The van der Waals surface area contributed by atoms with Crippen molar-refractivity contribution in [3.8, 4) is 0 Å². The highest BCUT2D eigenvalue weighted by Gasteiger charge is 2.59. The maximum absolute atomic E-state index is 10.9. The number of nitrogens with zero attached hydrogens (tertiary/aromatic N) is 1. The van der Waals surface area contributed by atoms with E-state index in [1.54, 1.807) is 0 Å². The SMILES string of the molecule is Cc1ccc(C(C)CCN2C[C@@H]3C(C(=O)O)[C@@H]3C2)o1. The highest BCUT2D eigenvalue weighted by Crippen LogP contribution is 2.51. The fourth-order valence-corrected chi connectivity index (χ4v) is 3.40. The third-order valence-corrected chi connectivity index (χ3v) is 4.68. The van der Waals surface area contributed by atoms with Crippen LogP contribution in [0.3, 0.4) is 0 Å². The number of aliphatic carboxylic acids is 1. The van der Waals surface area contributed by atoms with Gasteiger partial charge in [-0.2, -0.15) is 0 Å². The van der Waals surface area contributed by atoms with Crippen LogP contribution in [-0.2, 0) is 4.79 Å². The summed E-state index contributed by atoms with van der Waals surface area (Å²) in [7, 11) is 0. The number of piperidine rings is 1. The molecule has 19 heavy (non-hydrogen) atoms. The maximum Gasteiger partial charge on any atom is 0.307 e. The molecule has 0 spiro atoms. The van der Waals surface area contributed by atoms with E-state index in [-0.39, 0.29) is 5.92 Å². The Morgan fingerprint density at radius 2 is 2.16 bits per heavy atom. The standard InChI is InChI=1S/C15H21NO3/c1-9(13-4-3-10(2)19-13)5-6-16-7-11-12(8-16)14(11)15(17)18/h3-4,9,11-12,14H,5-8H2,1-2H3,(H,17,18)/t9?,11-,12+,14?. The van der Waals surface area contributed by atoms with Gasteiger partial charge < -0.3 is 14.4 Å². The van der Waals surface area contributed by atoms with E-state index >= 15 is 0 Å². The van der Waals surface area contributed by atoms with E-state index in [1.807, 2.05) is 13.0 Å². The molecule has 1 N–H and O–H groups in total. The zero-order chi connectivity index (χ0) is 13.6. The first kappa shape index (κ1) is 12.7. The van der Waals surface area contributed by atoms with Crippen LogP contribution < -0.4 is 0 Å². The molecular weight excluding hydrogens is 242 g/mol. The topological polar surface area (TPSA) is 53.7 Å². The fraction of sp³-hybridized carbons (Fsp3) is 0.667. The van der Waals surface area contributed by atoms with E-state index in [0.717, 1.165) is 37.6 Å². The van der Waals surface area contributed by atoms with Crippen LogP contribution in [-0.4, -0.2) is 35.6 Å². The minimum atomic E-state index is -0.603. The average Bonchev–Trinajstić information content (AvgIpc) is 2.75. The Morgan fingerprint density at radius 3 is 2.68 bits per heavy atom. The van der Waals surface area contributed by atoms with Gasteiger partial charge in [0.1, 0.15) is 11.5 Å². The van der Waals surface area contributed by atoms with E-state index < -0.39 is 5.97 Å². The second kappa shape index (κ2) is 4.67. The van der Waals surface area contributed by atoms with Crippen molar-refractivity contribution in [3.63, 3.8) is 0 Å². The van der Waals surface area contributed by atoms with Crippen molar-refractivity contribution in [2.45, 2.75) is 26.2 Å². The summed E-state index contributed by atoms with van der Waals surface area (Å²) in [5.41, 5.74) is 0. The van der Waals surface area contributed by atoms with E-state index in [4.69, 9.17) is 9.52 Å². The van der Waals surface area contributed by atoms with Crippen molar-refractivity contribution >= 4 is 5.97 Å². The highest BCUT2D eigenvalue weighted by molar-refractivity contribution is 5.74. The molecule has 1 saturated heterocycles. The highest BCUT2D eigenvalue weighted by atomic mass is 16.4. The van der Waals surface area contributed by atoms with Crippen LogP contribution in [0.25, 0.3) is 0 Å². The second-order valence-electron chi connectivity index (χ2n) is 6.09. The zero-order valence-electron chi connectivity index (χ0n) is 11.5. The van der Waals surface area contributed by atoms with Gasteiger partial charge in [0, 0.05) is 19.0 Å². The number of carboxylic acids is 1. The number of rotatable bonds is 5. The van der Waals surface area contributed by atoms with Crippen molar-refractivity contribution in [1.82, 2.24) is 4.90 Å². The van der Waals surface area contributed by atoms with Crippen molar-refractivity contribution in [3.05, 3.63) is 23.7 Å². The van der Waals surface area contributed by atoms with Gasteiger partial charge in [0.05, 0.1) is 5.92 Å². The first-order valence-corrected chi connectivity index (χ1v) is 7.07. The van der Waals surface area contributed by atoms with Crippen LogP contribution in [0.1, 0.15) is 30.8 Å². The van der Waals surface area contributed by atoms with E-state index in [1.165, 1.54) is 0 Å². The predicted octanol–water partition coefficient (Wildman–Crippen LogP) is 2.34. The summed E-state index contributed by atoms with van der Waals surface area (Å²) in [4.78, 5) is 13.3. The molecule has 0 aromatic carbocycles. The quantitative estimate of drug-likeness (QED) is 0.886. The predicted molar refractivity (Wildman–Crippen MR) is 71.0 cm³/mol. The molecule has 4 atom stereocenters. The molecule has 1 saturated carbocycles. The number of hydrogen-bond donors (Lipinski definition) is 1. The third kappa shape index (κ3) is 2.41. The average molecular weight is 263 g/mol. The van der Waals surface area contributed by atoms with Crippen molar-refractivity contribution in [2.24, 2.45) is 17.8 Å². The molecule has 2 fully saturated rings. The van der Waals surface area contributed by atoms with Crippen molar-refractivity contribution in [2.75, 3.05) is 19.6 Å². The first-order chi connectivity index (χ1) is 9.06. The Balaban J connectivity index is 1.44. The molecule has 2 heterocycles.